The summed E-state index contributed by atoms with van der Waals surface area (Å²) in [5.74, 6) is 0. The van der Waals surface area contributed by atoms with Gasteiger partial charge in [0.2, 0.25) is 10.0 Å². The van der Waals surface area contributed by atoms with Gasteiger partial charge in [-0.05, 0) is 12.1 Å². The van der Waals surface area contributed by atoms with Gasteiger partial charge in [0, 0.05) is 56.5 Å². The molecule has 0 spiro atoms. The molecule has 1 aliphatic heterocycles. The van der Waals surface area contributed by atoms with Crippen LogP contribution in [0.25, 0.3) is 0 Å². The summed E-state index contributed by atoms with van der Waals surface area (Å²) in [5, 5.41) is 21.8. The smallest absolute Gasteiger partial charge is 0.273 e. The van der Waals surface area contributed by atoms with Gasteiger partial charge in [0.25, 0.3) is 11.4 Å². The van der Waals surface area contributed by atoms with E-state index in [4.69, 9.17) is 0 Å². The van der Waals surface area contributed by atoms with E-state index < -0.39 is 19.9 Å². The minimum absolute atomic E-state index is 0.00486. The zero-order valence-corrected chi connectivity index (χ0v) is 15.6. The second-order valence-corrected chi connectivity index (χ2v) is 8.26. The standard InChI is InChI=1S/C17H18N4O6S/c22-20(23)15-5-7-16(8-6-15)28(26,27)19-11-9-18(10-12-19)13-14-3-1-2-4-17(14)21(24)25/h1-8H,9-13H2. The maximum absolute atomic E-state index is 12.7. The molecule has 0 aliphatic carbocycles. The molecule has 1 aliphatic rings. The van der Waals surface area contributed by atoms with E-state index in [0.29, 0.717) is 25.2 Å². The Morgan fingerprint density at radius 1 is 0.857 bits per heavy atom. The molecular weight excluding hydrogens is 388 g/mol. The second kappa shape index (κ2) is 8.00. The van der Waals surface area contributed by atoms with E-state index in [-0.39, 0.29) is 29.4 Å². The molecule has 2 aromatic rings. The summed E-state index contributed by atoms with van der Waals surface area (Å²) in [6.45, 7) is 1.69. The molecule has 0 saturated carbocycles. The molecule has 10 nitrogen and oxygen atoms in total. The van der Waals surface area contributed by atoms with Gasteiger partial charge in [-0.2, -0.15) is 4.31 Å². The van der Waals surface area contributed by atoms with Crippen LogP contribution in [-0.2, 0) is 16.6 Å². The largest absolute Gasteiger partial charge is 0.296 e. The quantitative estimate of drug-likeness (QED) is 0.530. The Morgan fingerprint density at radius 2 is 1.46 bits per heavy atom. The van der Waals surface area contributed by atoms with Crippen LogP contribution in [0.2, 0.25) is 0 Å². The van der Waals surface area contributed by atoms with E-state index >= 15 is 0 Å². The van der Waals surface area contributed by atoms with Gasteiger partial charge in [-0.3, -0.25) is 25.1 Å². The van der Waals surface area contributed by atoms with Crippen molar-refractivity contribution in [2.75, 3.05) is 26.2 Å². The molecule has 3 rings (SSSR count). The van der Waals surface area contributed by atoms with Crippen LogP contribution in [0.5, 0.6) is 0 Å². The Balaban J connectivity index is 1.66. The number of rotatable bonds is 6. The summed E-state index contributed by atoms with van der Waals surface area (Å²) >= 11 is 0. The number of nitro groups is 2. The molecule has 0 unspecified atom stereocenters. The van der Waals surface area contributed by atoms with Gasteiger partial charge in [-0.25, -0.2) is 8.42 Å². The number of nitro benzene ring substituents is 2. The first kappa shape index (κ1) is 19.9. The van der Waals surface area contributed by atoms with Gasteiger partial charge < -0.3 is 0 Å². The normalized spacial score (nSPS) is 16.0. The topological polar surface area (TPSA) is 127 Å². The minimum atomic E-state index is -3.75. The van der Waals surface area contributed by atoms with E-state index in [1.165, 1.54) is 22.5 Å². The van der Waals surface area contributed by atoms with Crippen molar-refractivity contribution >= 4 is 21.4 Å². The summed E-state index contributed by atoms with van der Waals surface area (Å²) in [4.78, 5) is 22.8. The van der Waals surface area contributed by atoms with Crippen molar-refractivity contribution in [1.29, 1.82) is 0 Å². The number of piperazine rings is 1. The Bertz CT molecular complexity index is 985. The van der Waals surface area contributed by atoms with Crippen molar-refractivity contribution in [3.8, 4) is 0 Å². The van der Waals surface area contributed by atoms with E-state index in [9.17, 15) is 28.6 Å². The van der Waals surface area contributed by atoms with Crippen LogP contribution in [0.15, 0.2) is 53.4 Å². The maximum Gasteiger partial charge on any atom is 0.273 e. The van der Waals surface area contributed by atoms with Gasteiger partial charge >= 0.3 is 0 Å². The monoisotopic (exact) mass is 406 g/mol. The third-order valence-corrected chi connectivity index (χ3v) is 6.51. The average Bonchev–Trinajstić information content (AvgIpc) is 2.68. The highest BCUT2D eigenvalue weighted by Gasteiger charge is 2.29. The van der Waals surface area contributed by atoms with Gasteiger partial charge in [0.15, 0.2) is 0 Å². The molecule has 148 valence electrons. The fraction of sp³-hybridized carbons (Fsp3) is 0.294. The highest BCUT2D eigenvalue weighted by atomic mass is 32.2. The van der Waals surface area contributed by atoms with Crippen LogP contribution < -0.4 is 0 Å². The second-order valence-electron chi connectivity index (χ2n) is 6.32. The molecule has 1 fully saturated rings. The average molecular weight is 406 g/mol. The lowest BCUT2D eigenvalue weighted by Gasteiger charge is -2.33. The van der Waals surface area contributed by atoms with Gasteiger partial charge in [-0.15, -0.1) is 0 Å². The van der Waals surface area contributed by atoms with Crippen LogP contribution in [0.3, 0.4) is 0 Å². The van der Waals surface area contributed by atoms with Gasteiger partial charge in [0.1, 0.15) is 0 Å². The van der Waals surface area contributed by atoms with Crippen molar-refractivity contribution in [2.45, 2.75) is 11.4 Å². The van der Waals surface area contributed by atoms with E-state index in [1.54, 1.807) is 18.2 Å². The Hall–Kier alpha value is -2.89. The minimum Gasteiger partial charge on any atom is -0.296 e. The molecule has 1 heterocycles. The van der Waals surface area contributed by atoms with Crippen molar-refractivity contribution in [3.63, 3.8) is 0 Å². The first-order valence-electron chi connectivity index (χ1n) is 8.48. The molecular formula is C17H18N4O6S. The molecule has 0 bridgehead atoms. The number of nitrogens with zero attached hydrogens (tertiary/aromatic N) is 4. The summed E-state index contributed by atoms with van der Waals surface area (Å²) in [6, 6.07) is 11.3. The van der Waals surface area contributed by atoms with Crippen molar-refractivity contribution in [2.24, 2.45) is 0 Å². The number of hydrogen-bond acceptors (Lipinski definition) is 7. The summed E-state index contributed by atoms with van der Waals surface area (Å²) in [6.07, 6.45) is 0. The van der Waals surface area contributed by atoms with Crippen LogP contribution in [0, 0.1) is 20.2 Å². The first-order valence-corrected chi connectivity index (χ1v) is 9.92. The molecule has 0 N–H and O–H groups in total. The summed E-state index contributed by atoms with van der Waals surface area (Å²) in [5.41, 5.74) is 0.454. The van der Waals surface area contributed by atoms with E-state index in [0.717, 1.165) is 12.1 Å². The Kier molecular flexibility index (Phi) is 5.68. The van der Waals surface area contributed by atoms with E-state index in [2.05, 4.69) is 0 Å². The molecule has 0 radical (unpaired) electrons. The number of benzene rings is 2. The zero-order valence-electron chi connectivity index (χ0n) is 14.8. The Labute approximate surface area is 161 Å². The molecule has 0 aromatic heterocycles. The Morgan fingerprint density at radius 3 is 2.04 bits per heavy atom. The highest BCUT2D eigenvalue weighted by Crippen LogP contribution is 2.23. The third-order valence-electron chi connectivity index (χ3n) is 4.60. The van der Waals surface area contributed by atoms with Gasteiger partial charge in [-0.1, -0.05) is 18.2 Å². The zero-order chi connectivity index (χ0) is 20.3. The number of sulfonamides is 1. The molecule has 0 atom stereocenters. The predicted molar refractivity (Wildman–Crippen MR) is 100 cm³/mol. The lowest BCUT2D eigenvalue weighted by Crippen LogP contribution is -2.48. The maximum atomic E-state index is 12.7. The summed E-state index contributed by atoms with van der Waals surface area (Å²) in [7, 11) is -3.75. The van der Waals surface area contributed by atoms with Crippen LogP contribution in [0.4, 0.5) is 11.4 Å². The van der Waals surface area contributed by atoms with Crippen LogP contribution in [0.1, 0.15) is 5.56 Å². The molecule has 1 saturated heterocycles. The lowest BCUT2D eigenvalue weighted by molar-refractivity contribution is -0.385. The van der Waals surface area contributed by atoms with Crippen molar-refractivity contribution in [1.82, 2.24) is 9.21 Å². The fourth-order valence-corrected chi connectivity index (χ4v) is 4.50. The molecule has 2 aromatic carbocycles. The highest BCUT2D eigenvalue weighted by molar-refractivity contribution is 7.89. The van der Waals surface area contributed by atoms with Gasteiger partial charge in [0.05, 0.1) is 14.7 Å². The SMILES string of the molecule is O=[N+]([O-])c1ccc(S(=O)(=O)N2CCN(Cc3ccccc3[N+](=O)[O-])CC2)cc1. The number of para-hydroxylation sites is 1. The number of hydrogen-bond donors (Lipinski definition) is 0. The summed E-state index contributed by atoms with van der Waals surface area (Å²) < 4.78 is 26.8. The van der Waals surface area contributed by atoms with E-state index in [1.807, 2.05) is 4.90 Å². The molecule has 28 heavy (non-hydrogen) atoms. The number of non-ortho nitro benzene ring substituents is 1. The first-order chi connectivity index (χ1) is 13.3. The molecule has 11 heteroatoms. The van der Waals surface area contributed by atoms with Crippen molar-refractivity contribution < 1.29 is 18.3 Å². The lowest BCUT2D eigenvalue weighted by atomic mass is 10.1. The van der Waals surface area contributed by atoms with Crippen LogP contribution in [-0.4, -0.2) is 53.6 Å². The molecule has 0 amide bonds. The fourth-order valence-electron chi connectivity index (χ4n) is 3.08. The predicted octanol–water partition coefficient (Wildman–Crippen LogP) is 2.01. The van der Waals surface area contributed by atoms with Crippen LogP contribution >= 0.6 is 0 Å². The van der Waals surface area contributed by atoms with Crippen molar-refractivity contribution in [3.05, 3.63) is 74.3 Å². The third kappa shape index (κ3) is 4.16.